The van der Waals surface area contributed by atoms with Crippen LogP contribution in [-0.4, -0.2) is 54.3 Å². The lowest BCUT2D eigenvalue weighted by Crippen LogP contribution is -2.41. The van der Waals surface area contributed by atoms with E-state index in [0.29, 0.717) is 0 Å². The molecular formula is C18H32N4OS2. The van der Waals surface area contributed by atoms with Crippen LogP contribution in [0.25, 0.3) is 0 Å². The van der Waals surface area contributed by atoms with Gasteiger partial charge in [-0.2, -0.15) is 11.8 Å². The number of aliphatic imine (C=N–C) groups is 1. The summed E-state index contributed by atoms with van der Waals surface area (Å²) in [6, 6.07) is 0. The summed E-state index contributed by atoms with van der Waals surface area (Å²) >= 11 is 3.83. The van der Waals surface area contributed by atoms with Gasteiger partial charge < -0.3 is 15.4 Å². The van der Waals surface area contributed by atoms with Crippen molar-refractivity contribution >= 4 is 29.1 Å². The van der Waals surface area contributed by atoms with Crippen molar-refractivity contribution in [2.45, 2.75) is 51.7 Å². The molecule has 0 atom stereocenters. The van der Waals surface area contributed by atoms with Gasteiger partial charge in [0.05, 0.1) is 17.2 Å². The van der Waals surface area contributed by atoms with Crippen molar-refractivity contribution in [2.24, 2.45) is 4.99 Å². The van der Waals surface area contributed by atoms with E-state index in [-0.39, 0.29) is 4.75 Å². The first kappa shape index (κ1) is 20.5. The monoisotopic (exact) mass is 384 g/mol. The zero-order valence-corrected chi connectivity index (χ0v) is 17.6. The van der Waals surface area contributed by atoms with Crippen LogP contribution in [0, 0.1) is 13.8 Å². The van der Waals surface area contributed by atoms with Gasteiger partial charge in [-0.3, -0.25) is 4.99 Å². The van der Waals surface area contributed by atoms with E-state index in [1.807, 2.05) is 11.8 Å². The Morgan fingerprint density at radius 2 is 2.04 bits per heavy atom. The Morgan fingerprint density at radius 1 is 1.28 bits per heavy atom. The first-order chi connectivity index (χ1) is 12.1. The normalized spacial score (nSPS) is 17.5. The molecule has 0 amide bonds. The van der Waals surface area contributed by atoms with Gasteiger partial charge in [0.2, 0.25) is 0 Å². The Labute approximate surface area is 160 Å². The minimum Gasteiger partial charge on any atom is -0.381 e. The molecule has 0 aliphatic carbocycles. The predicted octanol–water partition coefficient (Wildman–Crippen LogP) is 3.16. The third-order valence-corrected chi connectivity index (χ3v) is 7.00. The molecule has 1 fully saturated rings. The summed E-state index contributed by atoms with van der Waals surface area (Å²) in [5, 5.41) is 8.02. The SMILES string of the molecule is CCNC(=NCC1(SCC)CCOCC1)NCCc1nc(C)c(C)s1. The molecule has 1 aliphatic rings. The second-order valence-corrected chi connectivity index (χ2v) is 9.37. The lowest BCUT2D eigenvalue weighted by atomic mass is 9.99. The van der Waals surface area contributed by atoms with Crippen LogP contribution in [0.3, 0.4) is 0 Å². The summed E-state index contributed by atoms with van der Waals surface area (Å²) in [6.07, 6.45) is 3.12. The van der Waals surface area contributed by atoms with Crippen LogP contribution in [0.2, 0.25) is 0 Å². The maximum absolute atomic E-state index is 5.55. The third kappa shape index (κ3) is 6.46. The number of hydrogen-bond acceptors (Lipinski definition) is 5. The van der Waals surface area contributed by atoms with Gasteiger partial charge in [0.15, 0.2) is 5.96 Å². The molecule has 142 valence electrons. The summed E-state index contributed by atoms with van der Waals surface area (Å²) in [6.45, 7) is 12.8. The summed E-state index contributed by atoms with van der Waals surface area (Å²) in [5.74, 6) is 2.04. The smallest absolute Gasteiger partial charge is 0.191 e. The zero-order chi connectivity index (χ0) is 18.1. The van der Waals surface area contributed by atoms with Gasteiger partial charge in [0.1, 0.15) is 0 Å². The molecule has 0 saturated carbocycles. The van der Waals surface area contributed by atoms with Crippen molar-refractivity contribution in [3.05, 3.63) is 15.6 Å². The van der Waals surface area contributed by atoms with Gasteiger partial charge in [-0.25, -0.2) is 4.98 Å². The second-order valence-electron chi connectivity index (χ2n) is 6.35. The molecule has 1 aliphatic heterocycles. The molecule has 0 aromatic carbocycles. The van der Waals surface area contributed by atoms with E-state index in [2.05, 4.69) is 43.3 Å². The fourth-order valence-electron chi connectivity index (χ4n) is 2.90. The fourth-order valence-corrected chi connectivity index (χ4v) is 5.05. The Bertz CT molecular complexity index is 528. The van der Waals surface area contributed by atoms with Crippen molar-refractivity contribution in [2.75, 3.05) is 38.6 Å². The average Bonchev–Trinajstić information content (AvgIpc) is 2.92. The molecule has 0 radical (unpaired) electrons. The van der Waals surface area contributed by atoms with E-state index in [4.69, 9.17) is 9.73 Å². The quantitative estimate of drug-likeness (QED) is 0.533. The number of nitrogens with one attached hydrogen (secondary N) is 2. The number of aryl methyl sites for hydroxylation is 2. The number of ether oxygens (including phenoxy) is 1. The van der Waals surface area contributed by atoms with E-state index in [1.165, 1.54) is 9.88 Å². The fraction of sp³-hybridized carbons (Fsp3) is 0.778. The van der Waals surface area contributed by atoms with E-state index in [9.17, 15) is 0 Å². The molecule has 1 saturated heterocycles. The van der Waals surface area contributed by atoms with Crippen molar-refractivity contribution in [3.8, 4) is 0 Å². The molecule has 1 aromatic rings. The van der Waals surface area contributed by atoms with Crippen LogP contribution in [0.1, 0.15) is 42.3 Å². The number of rotatable bonds is 8. The Hall–Kier alpha value is -0.790. The largest absolute Gasteiger partial charge is 0.381 e. The van der Waals surface area contributed by atoms with Crippen molar-refractivity contribution in [1.82, 2.24) is 15.6 Å². The number of nitrogens with zero attached hydrogens (tertiary/aromatic N) is 2. The number of thioether (sulfide) groups is 1. The van der Waals surface area contributed by atoms with E-state index in [0.717, 1.165) is 69.5 Å². The molecule has 2 N–H and O–H groups in total. The number of hydrogen-bond donors (Lipinski definition) is 2. The molecule has 5 nitrogen and oxygen atoms in total. The third-order valence-electron chi connectivity index (χ3n) is 4.43. The highest BCUT2D eigenvalue weighted by Crippen LogP contribution is 2.35. The number of guanidine groups is 1. The molecule has 0 bridgehead atoms. The molecule has 2 rings (SSSR count). The molecule has 2 heterocycles. The molecular weight excluding hydrogens is 352 g/mol. The van der Waals surface area contributed by atoms with E-state index < -0.39 is 0 Å². The van der Waals surface area contributed by atoms with Crippen LogP contribution in [0.4, 0.5) is 0 Å². The zero-order valence-electron chi connectivity index (χ0n) is 16.0. The maximum Gasteiger partial charge on any atom is 0.191 e. The summed E-state index contributed by atoms with van der Waals surface area (Å²) < 4.78 is 5.79. The van der Waals surface area contributed by atoms with Gasteiger partial charge in [-0.15, -0.1) is 11.3 Å². The lowest BCUT2D eigenvalue weighted by molar-refractivity contribution is 0.0793. The van der Waals surface area contributed by atoms with Crippen LogP contribution in [0.15, 0.2) is 4.99 Å². The molecule has 25 heavy (non-hydrogen) atoms. The first-order valence-corrected chi connectivity index (χ1v) is 11.1. The van der Waals surface area contributed by atoms with Gasteiger partial charge in [0.25, 0.3) is 0 Å². The van der Waals surface area contributed by atoms with Crippen LogP contribution < -0.4 is 10.6 Å². The van der Waals surface area contributed by atoms with E-state index in [1.54, 1.807) is 11.3 Å². The highest BCUT2D eigenvalue weighted by molar-refractivity contribution is 8.00. The number of aromatic nitrogens is 1. The van der Waals surface area contributed by atoms with Crippen molar-refractivity contribution in [1.29, 1.82) is 0 Å². The molecule has 1 aromatic heterocycles. The highest BCUT2D eigenvalue weighted by atomic mass is 32.2. The van der Waals surface area contributed by atoms with Gasteiger partial charge in [0, 0.05) is 42.3 Å². The minimum absolute atomic E-state index is 0.235. The molecule has 0 unspecified atom stereocenters. The average molecular weight is 385 g/mol. The Morgan fingerprint density at radius 3 is 2.64 bits per heavy atom. The summed E-state index contributed by atoms with van der Waals surface area (Å²) in [7, 11) is 0. The Balaban J connectivity index is 1.90. The number of thiazole rings is 1. The van der Waals surface area contributed by atoms with Crippen molar-refractivity contribution in [3.63, 3.8) is 0 Å². The molecule has 7 heteroatoms. The second kappa shape index (κ2) is 10.4. The van der Waals surface area contributed by atoms with Crippen LogP contribution >= 0.6 is 23.1 Å². The van der Waals surface area contributed by atoms with E-state index >= 15 is 0 Å². The standard InChI is InChI=1S/C18H32N4OS2/c1-5-19-17(20-10-7-16-22-14(3)15(4)25-16)21-13-18(24-6-2)8-11-23-12-9-18/h5-13H2,1-4H3,(H2,19,20,21). The van der Waals surface area contributed by atoms with Crippen LogP contribution in [-0.2, 0) is 11.2 Å². The first-order valence-electron chi connectivity index (χ1n) is 9.25. The predicted molar refractivity (Wildman–Crippen MR) is 110 cm³/mol. The van der Waals surface area contributed by atoms with Gasteiger partial charge in [-0.1, -0.05) is 6.92 Å². The van der Waals surface area contributed by atoms with Crippen LogP contribution in [0.5, 0.6) is 0 Å². The lowest BCUT2D eigenvalue weighted by Gasteiger charge is -2.35. The van der Waals surface area contributed by atoms with Crippen molar-refractivity contribution < 1.29 is 4.74 Å². The summed E-state index contributed by atoms with van der Waals surface area (Å²) in [5.41, 5.74) is 1.15. The van der Waals surface area contributed by atoms with Gasteiger partial charge in [-0.05, 0) is 39.4 Å². The topological polar surface area (TPSA) is 58.5 Å². The Kier molecular flexibility index (Phi) is 8.52. The summed E-state index contributed by atoms with van der Waals surface area (Å²) in [4.78, 5) is 10.8. The minimum atomic E-state index is 0.235. The van der Waals surface area contributed by atoms with Gasteiger partial charge >= 0.3 is 0 Å². The maximum atomic E-state index is 5.55. The highest BCUT2D eigenvalue weighted by Gasteiger charge is 2.32. The molecule has 0 spiro atoms.